The average Bonchev–Trinajstić information content (AvgIpc) is 2.97. The first-order valence-corrected chi connectivity index (χ1v) is 9.40. The van der Waals surface area contributed by atoms with Gasteiger partial charge in [0.05, 0.1) is 25.3 Å². The molecule has 0 radical (unpaired) electrons. The molecule has 1 fully saturated rings. The second-order valence-electron chi connectivity index (χ2n) is 6.14. The summed E-state index contributed by atoms with van der Waals surface area (Å²) >= 11 is 18.2. The molecule has 0 saturated carbocycles. The van der Waals surface area contributed by atoms with Gasteiger partial charge in [0, 0.05) is 26.2 Å². The number of ether oxygens (including phenoxy) is 1. The molecule has 4 N–H and O–H groups in total. The summed E-state index contributed by atoms with van der Waals surface area (Å²) in [4.78, 5) is 21.8. The number of nitrogens with zero attached hydrogens (tertiary/aromatic N) is 5. The van der Waals surface area contributed by atoms with Crippen LogP contribution in [0.5, 0.6) is 0 Å². The Morgan fingerprint density at radius 3 is 2.67 bits per heavy atom. The quantitative estimate of drug-likeness (QED) is 0.573. The molecule has 1 amide bonds. The summed E-state index contributed by atoms with van der Waals surface area (Å²) < 4.78 is 3.41. The molecule has 0 bridgehead atoms. The molecular weight excluding hydrogens is 421 g/mol. The van der Waals surface area contributed by atoms with Gasteiger partial charge in [0.2, 0.25) is 3.79 Å². The van der Waals surface area contributed by atoms with Gasteiger partial charge in [-0.15, -0.1) is 0 Å². The number of hydrogen-bond donors (Lipinski definition) is 3. The average molecular weight is 441 g/mol. The lowest BCUT2D eigenvalue weighted by Crippen LogP contribution is -2.60. The Morgan fingerprint density at radius 1 is 1.33 bits per heavy atom. The topological polar surface area (TPSA) is 120 Å². The van der Waals surface area contributed by atoms with Gasteiger partial charge in [-0.1, -0.05) is 34.8 Å². The first-order chi connectivity index (χ1) is 12.8. The van der Waals surface area contributed by atoms with Gasteiger partial charge >= 0.3 is 6.09 Å². The number of morpholine rings is 1. The van der Waals surface area contributed by atoms with Crippen molar-refractivity contribution < 1.29 is 14.6 Å². The highest BCUT2D eigenvalue weighted by atomic mass is 35.6. The number of rotatable bonds is 5. The number of anilines is 2. The van der Waals surface area contributed by atoms with Crippen molar-refractivity contribution in [1.29, 1.82) is 0 Å². The van der Waals surface area contributed by atoms with Crippen molar-refractivity contribution in [3.63, 3.8) is 0 Å². The maximum atomic E-state index is 11.3. The molecule has 1 aromatic rings. The van der Waals surface area contributed by atoms with Crippen molar-refractivity contribution >= 4 is 52.5 Å². The van der Waals surface area contributed by atoms with Crippen LogP contribution in [0.15, 0.2) is 6.33 Å². The van der Waals surface area contributed by atoms with Crippen LogP contribution < -0.4 is 16.1 Å². The summed E-state index contributed by atoms with van der Waals surface area (Å²) in [6.45, 7) is 4.66. The van der Waals surface area contributed by atoms with Gasteiger partial charge in [0.25, 0.3) is 0 Å². The number of hydrogen-bond acceptors (Lipinski definition) is 8. The van der Waals surface area contributed by atoms with Gasteiger partial charge in [-0.3, -0.25) is 15.2 Å². The predicted octanol–water partition coefficient (Wildman–Crippen LogP) is 0.892. The molecule has 1 saturated heterocycles. The van der Waals surface area contributed by atoms with E-state index < -0.39 is 16.1 Å². The Balaban J connectivity index is 1.86. The lowest BCUT2D eigenvalue weighted by molar-refractivity contribution is 0.0320. The van der Waals surface area contributed by atoms with Crippen LogP contribution in [0.2, 0.25) is 0 Å². The molecule has 1 atom stereocenters. The maximum Gasteiger partial charge on any atom is 0.406 e. The highest BCUT2D eigenvalue weighted by Gasteiger charge is 2.46. The Morgan fingerprint density at radius 2 is 2.04 bits per heavy atom. The number of nitrogens with two attached hydrogens (primary N) is 1. The van der Waals surface area contributed by atoms with Crippen LogP contribution in [0.3, 0.4) is 0 Å². The molecule has 150 valence electrons. The number of nitrogens with one attached hydrogen (secondary N) is 1. The number of carbonyl (C=O) groups is 1. The van der Waals surface area contributed by atoms with E-state index in [2.05, 4.69) is 20.2 Å². The number of amides is 1. The first-order valence-electron chi connectivity index (χ1n) is 8.27. The highest BCUT2D eigenvalue weighted by Crippen LogP contribution is 2.40. The van der Waals surface area contributed by atoms with Gasteiger partial charge in [-0.25, -0.2) is 19.8 Å². The smallest absolute Gasteiger partial charge is 0.406 e. The number of nitrogen functional groups attached to an aromatic ring is 1. The molecule has 10 nitrogen and oxygen atoms in total. The molecule has 3 rings (SSSR count). The van der Waals surface area contributed by atoms with Crippen molar-refractivity contribution in [2.75, 3.05) is 50.1 Å². The molecule has 1 aromatic heterocycles. The summed E-state index contributed by atoms with van der Waals surface area (Å²) in [7, 11) is 0. The molecule has 3 heterocycles. The Kier molecular flexibility index (Phi) is 6.34. The number of carboxylic acid groups (broad SMARTS) is 1. The van der Waals surface area contributed by atoms with Gasteiger partial charge in [-0.05, 0) is 0 Å². The third kappa shape index (κ3) is 4.76. The van der Waals surface area contributed by atoms with E-state index in [1.54, 1.807) is 0 Å². The van der Waals surface area contributed by atoms with Crippen molar-refractivity contribution in [1.82, 2.24) is 25.2 Å². The second-order valence-corrected chi connectivity index (χ2v) is 8.51. The van der Waals surface area contributed by atoms with E-state index in [4.69, 9.17) is 45.3 Å². The van der Waals surface area contributed by atoms with Crippen molar-refractivity contribution in [3.05, 3.63) is 11.9 Å². The fourth-order valence-corrected chi connectivity index (χ4v) is 3.55. The normalized spacial score (nSPS) is 19.7. The largest absolute Gasteiger partial charge is 0.465 e. The van der Waals surface area contributed by atoms with Gasteiger partial charge in [0.1, 0.15) is 12.1 Å². The van der Waals surface area contributed by atoms with Crippen LogP contribution in [-0.4, -0.2) is 80.4 Å². The molecule has 2 aliphatic rings. The molecule has 0 spiro atoms. The predicted molar refractivity (Wildman–Crippen MR) is 102 cm³/mol. The summed E-state index contributed by atoms with van der Waals surface area (Å²) in [5, 5.41) is 14.9. The summed E-state index contributed by atoms with van der Waals surface area (Å²) in [5.74, 6) is 0.715. The zero-order chi connectivity index (χ0) is 19.6. The summed E-state index contributed by atoms with van der Waals surface area (Å²) in [6, 6.07) is 0. The standard InChI is InChI=1S/C14H20Cl3N7O3/c15-14(16,17)12(21-13(25)26)24-11-9(10(18)19-8-20-11)7-23(24)2-1-22-3-5-27-6-4-22/h8,12,21H,1-7H2,(H,25,26)(H2,18,19,20). The highest BCUT2D eigenvalue weighted by molar-refractivity contribution is 6.68. The van der Waals surface area contributed by atoms with E-state index in [0.717, 1.165) is 19.6 Å². The number of fused-ring (bicyclic) bond motifs is 1. The van der Waals surface area contributed by atoms with Crippen molar-refractivity contribution in [2.45, 2.75) is 16.5 Å². The van der Waals surface area contributed by atoms with Crippen molar-refractivity contribution in [3.8, 4) is 0 Å². The minimum Gasteiger partial charge on any atom is -0.465 e. The zero-order valence-corrected chi connectivity index (χ0v) is 16.6. The zero-order valence-electron chi connectivity index (χ0n) is 14.3. The summed E-state index contributed by atoms with van der Waals surface area (Å²) in [6.07, 6.45) is -1.22. The minimum atomic E-state index is -1.95. The van der Waals surface area contributed by atoms with Gasteiger partial charge < -0.3 is 15.6 Å². The van der Waals surface area contributed by atoms with Crippen LogP contribution in [-0.2, 0) is 11.3 Å². The third-order valence-electron chi connectivity index (χ3n) is 4.41. The number of alkyl halides is 3. The Hall–Kier alpha value is -1.30. The summed E-state index contributed by atoms with van der Waals surface area (Å²) in [5.41, 5.74) is 6.64. The second kappa shape index (κ2) is 8.38. The van der Waals surface area contributed by atoms with Crippen molar-refractivity contribution in [2.24, 2.45) is 0 Å². The third-order valence-corrected chi connectivity index (χ3v) is 5.03. The Labute approximate surface area is 171 Å². The Bertz CT molecular complexity index is 684. The van der Waals surface area contributed by atoms with Crippen LogP contribution in [0.4, 0.5) is 16.4 Å². The number of halogens is 3. The monoisotopic (exact) mass is 439 g/mol. The molecule has 27 heavy (non-hydrogen) atoms. The van der Waals surface area contributed by atoms with E-state index in [-0.39, 0.29) is 0 Å². The maximum absolute atomic E-state index is 11.3. The molecule has 0 aromatic carbocycles. The molecular formula is C14H20Cl3N7O3. The first kappa shape index (κ1) is 20.4. The SMILES string of the molecule is Nc1ncnc2c1CN(CCN1CCOCC1)N2C(NC(=O)O)C(Cl)(Cl)Cl. The number of hydrazine groups is 1. The van der Waals surface area contributed by atoms with Crippen LogP contribution >= 0.6 is 34.8 Å². The lowest BCUT2D eigenvalue weighted by Gasteiger charge is -2.40. The van der Waals surface area contributed by atoms with Crippen LogP contribution in [0.1, 0.15) is 5.56 Å². The number of aromatic nitrogens is 2. The van der Waals surface area contributed by atoms with Crippen LogP contribution in [0.25, 0.3) is 0 Å². The van der Waals surface area contributed by atoms with E-state index in [0.29, 0.717) is 43.5 Å². The van der Waals surface area contributed by atoms with E-state index >= 15 is 0 Å². The van der Waals surface area contributed by atoms with E-state index in [1.807, 2.05) is 5.01 Å². The van der Waals surface area contributed by atoms with E-state index in [1.165, 1.54) is 11.3 Å². The fourth-order valence-electron chi connectivity index (χ4n) is 3.11. The fraction of sp³-hybridized carbons (Fsp3) is 0.643. The molecule has 13 heteroatoms. The molecule has 0 aliphatic carbocycles. The van der Waals surface area contributed by atoms with Gasteiger partial charge in [0.15, 0.2) is 12.0 Å². The lowest BCUT2D eigenvalue weighted by atomic mass is 10.3. The van der Waals surface area contributed by atoms with E-state index in [9.17, 15) is 9.90 Å². The molecule has 2 aliphatic heterocycles. The van der Waals surface area contributed by atoms with Crippen LogP contribution in [0, 0.1) is 0 Å². The molecule has 1 unspecified atom stereocenters. The van der Waals surface area contributed by atoms with Gasteiger partial charge in [-0.2, -0.15) is 0 Å². The minimum absolute atomic E-state index is 0.303.